The van der Waals surface area contributed by atoms with Crippen molar-refractivity contribution in [3.05, 3.63) is 18.2 Å². The monoisotopic (exact) mass is 265 g/mol. The Hall–Kier alpha value is -1.91. The van der Waals surface area contributed by atoms with Crippen LogP contribution < -0.4 is 20.7 Å². The number of anilines is 2. The SMILES string of the molecule is COc1cc(N(C)CC(=O)NCC(C)C)ccc1N. The van der Waals surface area contributed by atoms with Gasteiger partial charge in [-0.2, -0.15) is 0 Å². The molecule has 0 unspecified atom stereocenters. The summed E-state index contributed by atoms with van der Waals surface area (Å²) in [5.74, 6) is 1.07. The zero-order chi connectivity index (χ0) is 14.4. The van der Waals surface area contributed by atoms with E-state index in [1.54, 1.807) is 13.2 Å². The van der Waals surface area contributed by atoms with Crippen LogP contribution in [-0.2, 0) is 4.79 Å². The van der Waals surface area contributed by atoms with Gasteiger partial charge < -0.3 is 20.7 Å². The number of nitrogens with one attached hydrogen (secondary N) is 1. The van der Waals surface area contributed by atoms with Crippen LogP contribution in [-0.4, -0.2) is 33.2 Å². The Morgan fingerprint density at radius 1 is 1.47 bits per heavy atom. The number of ether oxygens (including phenoxy) is 1. The topological polar surface area (TPSA) is 67.6 Å². The van der Waals surface area contributed by atoms with Crippen molar-refractivity contribution in [1.82, 2.24) is 5.32 Å². The highest BCUT2D eigenvalue weighted by molar-refractivity contribution is 5.81. The van der Waals surface area contributed by atoms with E-state index < -0.39 is 0 Å². The summed E-state index contributed by atoms with van der Waals surface area (Å²) >= 11 is 0. The van der Waals surface area contributed by atoms with E-state index >= 15 is 0 Å². The molecule has 0 fully saturated rings. The number of methoxy groups -OCH3 is 1. The lowest BCUT2D eigenvalue weighted by Crippen LogP contribution is -2.36. The lowest BCUT2D eigenvalue weighted by Gasteiger charge is -2.20. The highest BCUT2D eigenvalue weighted by atomic mass is 16.5. The summed E-state index contributed by atoms with van der Waals surface area (Å²) in [5.41, 5.74) is 7.24. The van der Waals surface area contributed by atoms with Gasteiger partial charge in [0, 0.05) is 25.3 Å². The van der Waals surface area contributed by atoms with E-state index in [2.05, 4.69) is 19.2 Å². The highest BCUT2D eigenvalue weighted by Crippen LogP contribution is 2.26. The number of nitrogens with two attached hydrogens (primary N) is 1. The van der Waals surface area contributed by atoms with Gasteiger partial charge in [-0.1, -0.05) is 13.8 Å². The first-order chi connectivity index (χ1) is 8.93. The van der Waals surface area contributed by atoms with Crippen LogP contribution in [0.5, 0.6) is 5.75 Å². The number of carbonyl (C=O) groups excluding carboxylic acids is 1. The molecule has 0 aliphatic heterocycles. The van der Waals surface area contributed by atoms with Gasteiger partial charge in [-0.15, -0.1) is 0 Å². The van der Waals surface area contributed by atoms with E-state index in [-0.39, 0.29) is 5.91 Å². The Balaban J connectivity index is 2.62. The summed E-state index contributed by atoms with van der Waals surface area (Å²) in [5, 5.41) is 2.89. The molecule has 0 bridgehead atoms. The van der Waals surface area contributed by atoms with Crippen LogP contribution in [0.15, 0.2) is 18.2 Å². The standard InChI is InChI=1S/C14H23N3O2/c1-10(2)8-16-14(18)9-17(3)11-5-6-12(15)13(7-11)19-4/h5-7,10H,8-9,15H2,1-4H3,(H,16,18). The van der Waals surface area contributed by atoms with Crippen molar-refractivity contribution in [3.63, 3.8) is 0 Å². The number of hydrogen-bond donors (Lipinski definition) is 2. The Morgan fingerprint density at radius 3 is 2.74 bits per heavy atom. The summed E-state index contributed by atoms with van der Waals surface area (Å²) in [6, 6.07) is 5.47. The van der Waals surface area contributed by atoms with Gasteiger partial charge in [0.05, 0.1) is 19.3 Å². The molecule has 0 atom stereocenters. The summed E-state index contributed by atoms with van der Waals surface area (Å²) in [6.45, 7) is 5.13. The molecule has 1 rings (SSSR count). The first-order valence-electron chi connectivity index (χ1n) is 6.35. The second-order valence-corrected chi connectivity index (χ2v) is 4.98. The zero-order valence-corrected chi connectivity index (χ0v) is 12.1. The predicted molar refractivity (Wildman–Crippen MR) is 78.5 cm³/mol. The van der Waals surface area contributed by atoms with Gasteiger partial charge in [-0.3, -0.25) is 4.79 Å². The highest BCUT2D eigenvalue weighted by Gasteiger charge is 2.09. The molecular weight excluding hydrogens is 242 g/mol. The lowest BCUT2D eigenvalue weighted by atomic mass is 10.2. The van der Waals surface area contributed by atoms with E-state index in [1.165, 1.54) is 0 Å². The number of nitrogen functional groups attached to an aromatic ring is 1. The Morgan fingerprint density at radius 2 is 2.16 bits per heavy atom. The number of amides is 1. The first kappa shape index (κ1) is 15.1. The maximum Gasteiger partial charge on any atom is 0.239 e. The second kappa shape index (κ2) is 6.87. The smallest absolute Gasteiger partial charge is 0.239 e. The zero-order valence-electron chi connectivity index (χ0n) is 12.1. The van der Waals surface area contributed by atoms with Crippen LogP contribution >= 0.6 is 0 Å². The molecule has 0 spiro atoms. The third-order valence-corrected chi connectivity index (χ3v) is 2.75. The molecule has 106 valence electrons. The Bertz CT molecular complexity index is 433. The van der Waals surface area contributed by atoms with E-state index in [4.69, 9.17) is 10.5 Å². The minimum absolute atomic E-state index is 0.00647. The number of carbonyl (C=O) groups is 1. The molecule has 0 saturated heterocycles. The normalized spacial score (nSPS) is 10.4. The fourth-order valence-corrected chi connectivity index (χ4v) is 1.62. The summed E-state index contributed by atoms with van der Waals surface area (Å²) < 4.78 is 5.17. The van der Waals surface area contributed by atoms with Gasteiger partial charge >= 0.3 is 0 Å². The summed E-state index contributed by atoms with van der Waals surface area (Å²) in [4.78, 5) is 13.6. The van der Waals surface area contributed by atoms with E-state index in [9.17, 15) is 4.79 Å². The second-order valence-electron chi connectivity index (χ2n) is 4.98. The maximum atomic E-state index is 11.7. The molecule has 0 aromatic heterocycles. The molecule has 3 N–H and O–H groups in total. The number of hydrogen-bond acceptors (Lipinski definition) is 4. The number of benzene rings is 1. The molecule has 0 aliphatic carbocycles. The van der Waals surface area contributed by atoms with Gasteiger partial charge in [0.2, 0.25) is 5.91 Å². The average Bonchev–Trinajstić information content (AvgIpc) is 2.36. The average molecular weight is 265 g/mol. The minimum atomic E-state index is 0.00647. The fourth-order valence-electron chi connectivity index (χ4n) is 1.62. The van der Waals surface area contributed by atoms with Crippen molar-refractivity contribution in [2.45, 2.75) is 13.8 Å². The maximum absolute atomic E-state index is 11.7. The van der Waals surface area contributed by atoms with Crippen molar-refractivity contribution < 1.29 is 9.53 Å². The van der Waals surface area contributed by atoms with Crippen LogP contribution in [0.4, 0.5) is 11.4 Å². The molecule has 0 saturated carbocycles. The van der Waals surface area contributed by atoms with Crippen molar-refractivity contribution >= 4 is 17.3 Å². The quantitative estimate of drug-likeness (QED) is 0.765. The van der Waals surface area contributed by atoms with Gasteiger partial charge in [0.15, 0.2) is 0 Å². The molecule has 1 aromatic rings. The summed E-state index contributed by atoms with van der Waals surface area (Å²) in [7, 11) is 3.44. The summed E-state index contributed by atoms with van der Waals surface area (Å²) in [6.07, 6.45) is 0. The molecular formula is C14H23N3O2. The van der Waals surface area contributed by atoms with Crippen molar-refractivity contribution in [1.29, 1.82) is 0 Å². The Labute approximate surface area is 114 Å². The third-order valence-electron chi connectivity index (χ3n) is 2.75. The van der Waals surface area contributed by atoms with Crippen molar-refractivity contribution in [3.8, 4) is 5.75 Å². The van der Waals surface area contributed by atoms with Crippen LogP contribution in [0, 0.1) is 5.92 Å². The van der Waals surface area contributed by atoms with E-state index in [1.807, 2.05) is 24.1 Å². The predicted octanol–water partition coefficient (Wildman–Crippen LogP) is 1.49. The first-order valence-corrected chi connectivity index (χ1v) is 6.35. The fraction of sp³-hybridized carbons (Fsp3) is 0.500. The molecule has 1 amide bonds. The third kappa shape index (κ3) is 4.69. The van der Waals surface area contributed by atoms with Crippen LogP contribution in [0.25, 0.3) is 0 Å². The van der Waals surface area contributed by atoms with E-state index in [0.717, 1.165) is 5.69 Å². The van der Waals surface area contributed by atoms with E-state index in [0.29, 0.717) is 30.4 Å². The minimum Gasteiger partial charge on any atom is -0.495 e. The van der Waals surface area contributed by atoms with Gasteiger partial charge in [0.1, 0.15) is 5.75 Å². The number of rotatable bonds is 6. The van der Waals surface area contributed by atoms with Crippen LogP contribution in [0.2, 0.25) is 0 Å². The molecule has 0 aliphatic rings. The number of nitrogens with zero attached hydrogens (tertiary/aromatic N) is 1. The molecule has 5 nitrogen and oxygen atoms in total. The molecule has 5 heteroatoms. The largest absolute Gasteiger partial charge is 0.495 e. The van der Waals surface area contributed by atoms with Gasteiger partial charge in [-0.05, 0) is 18.1 Å². The van der Waals surface area contributed by atoms with Crippen LogP contribution in [0.3, 0.4) is 0 Å². The molecule has 19 heavy (non-hydrogen) atoms. The van der Waals surface area contributed by atoms with Crippen molar-refractivity contribution in [2.75, 3.05) is 37.9 Å². The van der Waals surface area contributed by atoms with Crippen LogP contribution in [0.1, 0.15) is 13.8 Å². The molecule has 1 aromatic carbocycles. The van der Waals surface area contributed by atoms with Gasteiger partial charge in [-0.25, -0.2) is 0 Å². The molecule has 0 radical (unpaired) electrons. The number of likely N-dealkylation sites (N-methyl/N-ethyl adjacent to an activating group) is 1. The van der Waals surface area contributed by atoms with Crippen molar-refractivity contribution in [2.24, 2.45) is 5.92 Å². The molecule has 0 heterocycles. The van der Waals surface area contributed by atoms with Gasteiger partial charge in [0.25, 0.3) is 0 Å². The Kier molecular flexibility index (Phi) is 5.48. The lowest BCUT2D eigenvalue weighted by molar-refractivity contribution is -0.119.